The summed E-state index contributed by atoms with van der Waals surface area (Å²) in [5, 5.41) is 12.3. The maximum absolute atomic E-state index is 15.0. The van der Waals surface area contributed by atoms with Crippen LogP contribution in [0.25, 0.3) is 11.0 Å². The van der Waals surface area contributed by atoms with Crippen molar-refractivity contribution < 1.29 is 22.3 Å². The van der Waals surface area contributed by atoms with Gasteiger partial charge in [0.15, 0.2) is 5.82 Å². The number of nitrogens with one attached hydrogen (secondary N) is 2. The molecule has 2 aromatic carbocycles. The Morgan fingerprint density at radius 1 is 1.29 bits per heavy atom. The number of nitrogens with zero attached hydrogens (tertiary/aromatic N) is 3. The Balaban J connectivity index is 1.93. The summed E-state index contributed by atoms with van der Waals surface area (Å²) in [6, 6.07) is 7.53. The number of aryl methyl sites for hydroxylation is 1. The summed E-state index contributed by atoms with van der Waals surface area (Å²) in [7, 11) is 0. The van der Waals surface area contributed by atoms with Crippen LogP contribution in [0, 0.1) is 23.0 Å². The van der Waals surface area contributed by atoms with Crippen molar-refractivity contribution in [1.29, 1.82) is 5.26 Å². The molecule has 8 nitrogen and oxygen atoms in total. The van der Waals surface area contributed by atoms with Gasteiger partial charge in [-0.25, -0.2) is 27.7 Å². The van der Waals surface area contributed by atoms with Crippen LogP contribution in [0.2, 0.25) is 0 Å². The molecule has 0 aliphatic heterocycles. The van der Waals surface area contributed by atoms with E-state index in [0.717, 1.165) is 6.07 Å². The fraction of sp³-hybridized carbons (Fsp3) is 0.250. The molecule has 3 N–H and O–H groups in total. The van der Waals surface area contributed by atoms with Crippen LogP contribution in [-0.4, -0.2) is 31.9 Å². The van der Waals surface area contributed by atoms with Gasteiger partial charge in [0.05, 0.1) is 24.0 Å². The van der Waals surface area contributed by atoms with Gasteiger partial charge in [0.25, 0.3) is 0 Å². The number of benzene rings is 2. The van der Waals surface area contributed by atoms with Crippen molar-refractivity contribution in [3.05, 3.63) is 53.2 Å². The third-order valence-corrected chi connectivity index (χ3v) is 4.83. The van der Waals surface area contributed by atoms with Crippen molar-refractivity contribution in [2.45, 2.75) is 19.8 Å². The van der Waals surface area contributed by atoms with Gasteiger partial charge in [0.1, 0.15) is 28.7 Å². The third-order valence-electron chi connectivity index (χ3n) is 4.38. The van der Waals surface area contributed by atoms with E-state index in [2.05, 4.69) is 20.0 Å². The van der Waals surface area contributed by atoms with Crippen molar-refractivity contribution in [3.8, 4) is 11.9 Å². The second-order valence-electron chi connectivity index (χ2n) is 6.38. The number of hydrogen-bond acceptors (Lipinski definition) is 6. The fourth-order valence-corrected chi connectivity index (χ4v) is 3.29. The Morgan fingerprint density at radius 3 is 2.81 bits per heavy atom. The van der Waals surface area contributed by atoms with Crippen LogP contribution < -0.4 is 14.8 Å². The standard InChI is InChI=1S/C20H19F2N5O3S/c1-2-30-17-11-24-16-8-7-15(13(10-23)19(16)27-17)26-20-14(21)6-5-12(18(20)22)4-3-9-25-31(28)29/h5-8,11,25-26H,2-4,9H2,1H3,(H,28,29). The van der Waals surface area contributed by atoms with Gasteiger partial charge in [0.2, 0.25) is 17.1 Å². The number of aromatic nitrogens is 2. The molecular formula is C20H19F2N5O3S. The largest absolute Gasteiger partial charge is 0.477 e. The monoisotopic (exact) mass is 447 g/mol. The quantitative estimate of drug-likeness (QED) is 0.339. The highest BCUT2D eigenvalue weighted by Crippen LogP contribution is 2.31. The molecule has 3 aromatic rings. The van der Waals surface area contributed by atoms with Gasteiger partial charge >= 0.3 is 0 Å². The Morgan fingerprint density at radius 2 is 2.10 bits per heavy atom. The van der Waals surface area contributed by atoms with Crippen LogP contribution in [0.5, 0.6) is 5.88 Å². The zero-order valence-corrected chi connectivity index (χ0v) is 17.3. The highest BCUT2D eigenvalue weighted by molar-refractivity contribution is 7.77. The van der Waals surface area contributed by atoms with E-state index in [0.29, 0.717) is 18.5 Å². The molecule has 0 saturated carbocycles. The molecule has 0 bridgehead atoms. The molecule has 0 saturated heterocycles. The van der Waals surface area contributed by atoms with E-state index in [1.807, 2.05) is 6.07 Å². The highest BCUT2D eigenvalue weighted by Gasteiger charge is 2.17. The summed E-state index contributed by atoms with van der Waals surface area (Å²) in [6.07, 6.45) is 2.02. The third kappa shape index (κ3) is 5.29. The van der Waals surface area contributed by atoms with E-state index in [9.17, 15) is 18.3 Å². The maximum Gasteiger partial charge on any atom is 0.232 e. The SMILES string of the molecule is CCOc1cnc2ccc(Nc3c(F)ccc(CCCNS(=O)O)c3F)c(C#N)c2n1. The average molecular weight is 447 g/mol. The lowest BCUT2D eigenvalue weighted by molar-refractivity contribution is 0.326. The van der Waals surface area contributed by atoms with Gasteiger partial charge in [-0.05, 0) is 43.5 Å². The van der Waals surface area contributed by atoms with Gasteiger partial charge in [-0.1, -0.05) is 6.07 Å². The van der Waals surface area contributed by atoms with E-state index in [1.165, 1.54) is 18.3 Å². The first kappa shape index (κ1) is 22.5. The van der Waals surface area contributed by atoms with E-state index in [1.54, 1.807) is 13.0 Å². The van der Waals surface area contributed by atoms with E-state index in [-0.39, 0.29) is 41.2 Å². The van der Waals surface area contributed by atoms with Crippen LogP contribution in [0.15, 0.2) is 30.5 Å². The number of nitriles is 1. The molecule has 0 aliphatic rings. The molecule has 162 valence electrons. The first-order valence-electron chi connectivity index (χ1n) is 9.35. The number of hydrogen-bond donors (Lipinski definition) is 3. The van der Waals surface area contributed by atoms with Crippen LogP contribution in [-0.2, 0) is 17.7 Å². The lowest BCUT2D eigenvalue weighted by Crippen LogP contribution is -2.18. The summed E-state index contributed by atoms with van der Waals surface area (Å²) >= 11 is -2.15. The van der Waals surface area contributed by atoms with Crippen LogP contribution in [0.1, 0.15) is 24.5 Å². The van der Waals surface area contributed by atoms with Crippen molar-refractivity contribution >= 4 is 33.7 Å². The molecule has 1 unspecified atom stereocenters. The molecular weight excluding hydrogens is 428 g/mol. The first-order valence-corrected chi connectivity index (χ1v) is 10.5. The predicted octanol–water partition coefficient (Wildman–Crippen LogP) is 3.58. The number of anilines is 2. The summed E-state index contributed by atoms with van der Waals surface area (Å²) < 4.78 is 56.3. The molecule has 1 heterocycles. The maximum atomic E-state index is 15.0. The molecule has 0 spiro atoms. The van der Waals surface area contributed by atoms with Gasteiger partial charge in [-0.3, -0.25) is 4.55 Å². The Kier molecular flexibility index (Phi) is 7.41. The second kappa shape index (κ2) is 10.2. The van der Waals surface area contributed by atoms with Crippen LogP contribution >= 0.6 is 0 Å². The summed E-state index contributed by atoms with van der Waals surface area (Å²) in [5.74, 6) is -1.39. The zero-order chi connectivity index (χ0) is 22.4. The Bertz CT molecular complexity index is 1170. The fourth-order valence-electron chi connectivity index (χ4n) is 2.97. The van der Waals surface area contributed by atoms with Gasteiger partial charge in [-0.2, -0.15) is 5.26 Å². The van der Waals surface area contributed by atoms with E-state index < -0.39 is 28.6 Å². The molecule has 0 amide bonds. The minimum Gasteiger partial charge on any atom is -0.477 e. The molecule has 3 rings (SSSR count). The molecule has 0 aliphatic carbocycles. The number of fused-ring (bicyclic) bond motifs is 1. The summed E-state index contributed by atoms with van der Waals surface area (Å²) in [6.45, 7) is 2.34. The minimum atomic E-state index is -2.15. The zero-order valence-electron chi connectivity index (χ0n) is 16.5. The lowest BCUT2D eigenvalue weighted by atomic mass is 10.1. The van der Waals surface area contributed by atoms with Crippen LogP contribution in [0.3, 0.4) is 0 Å². The van der Waals surface area contributed by atoms with Crippen molar-refractivity contribution in [2.75, 3.05) is 18.5 Å². The van der Waals surface area contributed by atoms with E-state index >= 15 is 0 Å². The summed E-state index contributed by atoms with van der Waals surface area (Å²) in [5.41, 5.74) is 0.760. The molecule has 0 fully saturated rings. The van der Waals surface area contributed by atoms with Crippen molar-refractivity contribution in [3.63, 3.8) is 0 Å². The van der Waals surface area contributed by atoms with Gasteiger partial charge < -0.3 is 10.1 Å². The Labute approximate surface area is 179 Å². The Hall–Kier alpha value is -3.20. The molecule has 0 radical (unpaired) electrons. The number of rotatable bonds is 9. The highest BCUT2D eigenvalue weighted by atomic mass is 32.2. The van der Waals surface area contributed by atoms with Crippen molar-refractivity contribution in [1.82, 2.24) is 14.7 Å². The van der Waals surface area contributed by atoms with Crippen LogP contribution in [0.4, 0.5) is 20.2 Å². The molecule has 31 heavy (non-hydrogen) atoms. The topological polar surface area (TPSA) is 120 Å². The van der Waals surface area contributed by atoms with E-state index in [4.69, 9.17) is 9.29 Å². The smallest absolute Gasteiger partial charge is 0.232 e. The predicted molar refractivity (Wildman–Crippen MR) is 112 cm³/mol. The van der Waals surface area contributed by atoms with Crippen molar-refractivity contribution in [2.24, 2.45) is 0 Å². The number of halogens is 2. The second-order valence-corrected chi connectivity index (χ2v) is 7.16. The first-order chi connectivity index (χ1) is 14.9. The summed E-state index contributed by atoms with van der Waals surface area (Å²) in [4.78, 5) is 8.48. The number of ether oxygens (including phenoxy) is 1. The average Bonchev–Trinajstić information content (AvgIpc) is 2.75. The minimum absolute atomic E-state index is 0.0744. The molecule has 1 atom stereocenters. The van der Waals surface area contributed by atoms with Gasteiger partial charge in [-0.15, -0.1) is 0 Å². The molecule has 1 aromatic heterocycles. The normalized spacial score (nSPS) is 11.8. The lowest BCUT2D eigenvalue weighted by Gasteiger charge is -2.14. The van der Waals surface area contributed by atoms with Gasteiger partial charge in [0, 0.05) is 6.54 Å². The molecule has 11 heteroatoms.